The molecule has 0 radical (unpaired) electrons. The number of urea groups is 1. The van der Waals surface area contributed by atoms with Gasteiger partial charge in [0.25, 0.3) is 0 Å². The summed E-state index contributed by atoms with van der Waals surface area (Å²) in [6, 6.07) is -0.706. The van der Waals surface area contributed by atoms with Crippen LogP contribution in [-0.4, -0.2) is 62.4 Å². The van der Waals surface area contributed by atoms with Crippen molar-refractivity contribution >= 4 is 22.0 Å². The van der Waals surface area contributed by atoms with Gasteiger partial charge in [-0.05, 0) is 20.3 Å². The van der Waals surface area contributed by atoms with Gasteiger partial charge in [0.2, 0.25) is 10.0 Å². The fourth-order valence-corrected chi connectivity index (χ4v) is 1.79. The van der Waals surface area contributed by atoms with Crippen LogP contribution in [0, 0.1) is 0 Å². The van der Waals surface area contributed by atoms with Crippen LogP contribution in [0.2, 0.25) is 0 Å². The molecule has 0 aromatic heterocycles. The smallest absolute Gasteiger partial charge is 0.323 e. The molecule has 0 atom stereocenters. The van der Waals surface area contributed by atoms with Gasteiger partial charge in [0.05, 0.1) is 6.26 Å². The summed E-state index contributed by atoms with van der Waals surface area (Å²) in [5.41, 5.74) is 0. The molecule has 0 aromatic rings. The molecule has 9 heteroatoms. The molecule has 112 valence electrons. The summed E-state index contributed by atoms with van der Waals surface area (Å²) in [5, 5.41) is 11.2. The van der Waals surface area contributed by atoms with Crippen molar-refractivity contribution in [1.29, 1.82) is 0 Å². The van der Waals surface area contributed by atoms with Crippen LogP contribution in [0.15, 0.2) is 0 Å². The monoisotopic (exact) mass is 295 g/mol. The Labute approximate surface area is 113 Å². The second kappa shape index (κ2) is 7.95. The Bertz CT molecular complexity index is 407. The van der Waals surface area contributed by atoms with E-state index in [-0.39, 0.29) is 25.7 Å². The Morgan fingerprint density at radius 3 is 2.26 bits per heavy atom. The Kier molecular flexibility index (Phi) is 7.38. The maximum absolute atomic E-state index is 11.7. The van der Waals surface area contributed by atoms with Crippen LogP contribution in [0.1, 0.15) is 20.3 Å². The normalized spacial score (nSPS) is 11.4. The molecule has 19 heavy (non-hydrogen) atoms. The summed E-state index contributed by atoms with van der Waals surface area (Å²) < 4.78 is 23.8. The lowest BCUT2D eigenvalue weighted by Crippen LogP contribution is -2.47. The molecule has 0 fully saturated rings. The van der Waals surface area contributed by atoms with Crippen LogP contribution < -0.4 is 10.0 Å². The van der Waals surface area contributed by atoms with Gasteiger partial charge in [-0.1, -0.05) is 0 Å². The van der Waals surface area contributed by atoms with E-state index in [0.717, 1.165) is 6.26 Å². The zero-order chi connectivity index (χ0) is 15.1. The fourth-order valence-electron chi connectivity index (χ4n) is 1.28. The number of rotatable bonds is 8. The van der Waals surface area contributed by atoms with Crippen molar-refractivity contribution in [1.82, 2.24) is 14.9 Å². The lowest BCUT2D eigenvalue weighted by Gasteiger charge is -2.25. The van der Waals surface area contributed by atoms with E-state index in [9.17, 15) is 18.0 Å². The molecule has 3 N–H and O–H groups in total. The molecule has 0 spiro atoms. The van der Waals surface area contributed by atoms with Gasteiger partial charge in [-0.15, -0.1) is 0 Å². The quantitative estimate of drug-likeness (QED) is 0.519. The number of carbonyl (C=O) groups excluding carboxylic acids is 1. The van der Waals surface area contributed by atoms with Gasteiger partial charge in [-0.2, -0.15) is 0 Å². The molecular formula is C10H21N3O5S. The molecule has 0 bridgehead atoms. The van der Waals surface area contributed by atoms with Crippen molar-refractivity contribution in [3.05, 3.63) is 0 Å². The maximum Gasteiger partial charge on any atom is 0.323 e. The van der Waals surface area contributed by atoms with Crippen LogP contribution in [0.3, 0.4) is 0 Å². The van der Waals surface area contributed by atoms with Crippen LogP contribution in [0.4, 0.5) is 4.79 Å². The highest BCUT2D eigenvalue weighted by molar-refractivity contribution is 7.88. The van der Waals surface area contributed by atoms with E-state index in [1.165, 1.54) is 4.90 Å². The third kappa shape index (κ3) is 9.25. The number of aliphatic carboxylic acids is 1. The van der Waals surface area contributed by atoms with Gasteiger partial charge in [0.1, 0.15) is 6.54 Å². The van der Waals surface area contributed by atoms with Crippen molar-refractivity contribution in [2.45, 2.75) is 26.3 Å². The standard InChI is InChI=1S/C10H21N3O5S/c1-8(2)13(7-9(14)15)10(16)11-5-4-6-12-19(3,17)18/h8,12H,4-7H2,1-3H3,(H,11,16)(H,14,15). The minimum atomic E-state index is -3.22. The minimum absolute atomic E-state index is 0.222. The van der Waals surface area contributed by atoms with Gasteiger partial charge >= 0.3 is 12.0 Å². The van der Waals surface area contributed by atoms with Gasteiger partial charge in [0, 0.05) is 19.1 Å². The molecule has 0 aliphatic rings. The van der Waals surface area contributed by atoms with E-state index in [1.54, 1.807) is 13.8 Å². The number of nitrogens with zero attached hydrogens (tertiary/aromatic N) is 1. The van der Waals surface area contributed by atoms with E-state index in [0.29, 0.717) is 6.42 Å². The second-order valence-electron chi connectivity index (χ2n) is 4.37. The number of hydrogen-bond donors (Lipinski definition) is 3. The number of amides is 2. The second-order valence-corrected chi connectivity index (χ2v) is 6.20. The molecule has 0 unspecified atom stereocenters. The Hall–Kier alpha value is -1.35. The number of carboxylic acid groups (broad SMARTS) is 1. The topological polar surface area (TPSA) is 116 Å². The first-order valence-electron chi connectivity index (χ1n) is 5.84. The largest absolute Gasteiger partial charge is 0.480 e. The maximum atomic E-state index is 11.7. The molecular weight excluding hydrogens is 274 g/mol. The predicted octanol–water partition coefficient (Wildman–Crippen LogP) is -0.570. The Balaban J connectivity index is 4.04. The lowest BCUT2D eigenvalue weighted by molar-refractivity contribution is -0.138. The number of carbonyl (C=O) groups is 2. The SMILES string of the molecule is CC(C)N(CC(=O)O)C(=O)NCCCNS(C)(=O)=O. The van der Waals surface area contributed by atoms with Crippen molar-refractivity contribution < 1.29 is 23.1 Å². The van der Waals surface area contributed by atoms with Gasteiger partial charge < -0.3 is 15.3 Å². The van der Waals surface area contributed by atoms with Crippen LogP contribution >= 0.6 is 0 Å². The summed E-state index contributed by atoms with van der Waals surface area (Å²) in [6.07, 6.45) is 1.48. The fraction of sp³-hybridized carbons (Fsp3) is 0.800. The van der Waals surface area contributed by atoms with E-state index < -0.39 is 22.0 Å². The molecule has 0 saturated heterocycles. The highest BCUT2D eigenvalue weighted by Crippen LogP contribution is 1.98. The van der Waals surface area contributed by atoms with Gasteiger partial charge in [-0.3, -0.25) is 4.79 Å². The number of hydrogen-bond acceptors (Lipinski definition) is 4. The third-order valence-corrected chi connectivity index (χ3v) is 2.91. The zero-order valence-corrected chi connectivity index (χ0v) is 12.2. The molecule has 2 amide bonds. The predicted molar refractivity (Wildman–Crippen MR) is 70.3 cm³/mol. The number of sulfonamides is 1. The van der Waals surface area contributed by atoms with Crippen molar-refractivity contribution in [3.63, 3.8) is 0 Å². The highest BCUT2D eigenvalue weighted by Gasteiger charge is 2.19. The molecule has 0 aliphatic heterocycles. The van der Waals surface area contributed by atoms with Gasteiger partial charge in [-0.25, -0.2) is 17.9 Å². The van der Waals surface area contributed by atoms with Crippen LogP contribution in [0.5, 0.6) is 0 Å². The third-order valence-electron chi connectivity index (χ3n) is 2.18. The van der Waals surface area contributed by atoms with Gasteiger partial charge in [0.15, 0.2) is 0 Å². The summed E-state index contributed by atoms with van der Waals surface area (Å²) in [7, 11) is -3.22. The highest BCUT2D eigenvalue weighted by atomic mass is 32.2. The first-order valence-corrected chi connectivity index (χ1v) is 7.73. The summed E-state index contributed by atoms with van der Waals surface area (Å²) in [6.45, 7) is 3.55. The summed E-state index contributed by atoms with van der Waals surface area (Å²) >= 11 is 0. The average molecular weight is 295 g/mol. The van der Waals surface area contributed by atoms with E-state index >= 15 is 0 Å². The lowest BCUT2D eigenvalue weighted by atomic mass is 10.3. The van der Waals surface area contributed by atoms with Crippen molar-refractivity contribution in [2.75, 3.05) is 25.9 Å². The van der Waals surface area contributed by atoms with Crippen molar-refractivity contribution in [2.24, 2.45) is 0 Å². The Morgan fingerprint density at radius 1 is 1.26 bits per heavy atom. The molecule has 0 heterocycles. The first-order chi connectivity index (χ1) is 8.63. The minimum Gasteiger partial charge on any atom is -0.480 e. The first kappa shape index (κ1) is 17.6. The average Bonchev–Trinajstić information content (AvgIpc) is 2.22. The van der Waals surface area contributed by atoms with E-state index in [2.05, 4.69) is 10.0 Å². The zero-order valence-electron chi connectivity index (χ0n) is 11.3. The Morgan fingerprint density at radius 2 is 1.84 bits per heavy atom. The van der Waals surface area contributed by atoms with Crippen LogP contribution in [-0.2, 0) is 14.8 Å². The molecule has 0 aliphatic carbocycles. The van der Waals surface area contributed by atoms with E-state index in [4.69, 9.17) is 5.11 Å². The molecule has 0 aromatic carbocycles. The molecule has 0 saturated carbocycles. The van der Waals surface area contributed by atoms with Crippen LogP contribution in [0.25, 0.3) is 0 Å². The van der Waals surface area contributed by atoms with Crippen molar-refractivity contribution in [3.8, 4) is 0 Å². The molecule has 8 nitrogen and oxygen atoms in total. The number of carboxylic acids is 1. The molecule has 0 rings (SSSR count). The summed E-state index contributed by atoms with van der Waals surface area (Å²) in [4.78, 5) is 23.5. The van der Waals surface area contributed by atoms with E-state index in [1.807, 2.05) is 0 Å². The summed E-state index contributed by atoms with van der Waals surface area (Å²) in [5.74, 6) is -1.08. The number of nitrogens with one attached hydrogen (secondary N) is 2.